The molecule has 1 aromatic carbocycles. The number of anilines is 1. The molecule has 0 fully saturated rings. The summed E-state index contributed by atoms with van der Waals surface area (Å²) in [6, 6.07) is 7.79. The molecule has 0 aliphatic rings. The molecule has 0 heterocycles. The quantitative estimate of drug-likeness (QED) is 0.835. The smallest absolute Gasteiger partial charge is 0.0498 e. The molecule has 0 amide bonds. The molecule has 1 rings (SSSR count). The van der Waals surface area contributed by atoms with Gasteiger partial charge in [0.05, 0.1) is 0 Å². The monoisotopic (exact) mass is 225 g/mol. The predicted molar refractivity (Wildman–Crippen MR) is 66.7 cm³/mol. The highest BCUT2D eigenvalue weighted by Crippen LogP contribution is 2.12. The van der Waals surface area contributed by atoms with Crippen molar-refractivity contribution in [3.63, 3.8) is 0 Å². The molecular weight excluding hydrogens is 206 g/mol. The van der Waals surface area contributed by atoms with E-state index in [1.807, 2.05) is 24.3 Å². The van der Waals surface area contributed by atoms with Crippen LogP contribution in [0, 0.1) is 5.92 Å². The van der Waals surface area contributed by atoms with Crippen molar-refractivity contribution in [3.05, 3.63) is 24.3 Å². The van der Waals surface area contributed by atoms with Crippen molar-refractivity contribution in [2.45, 2.75) is 25.2 Å². The van der Waals surface area contributed by atoms with Crippen LogP contribution < -0.4 is 5.32 Å². The Morgan fingerprint density at radius 3 is 2.40 bits per heavy atom. The molecular formula is C12H19NOS. The first-order valence-electron chi connectivity index (χ1n) is 5.30. The van der Waals surface area contributed by atoms with E-state index in [0.29, 0.717) is 5.92 Å². The molecule has 15 heavy (non-hydrogen) atoms. The Balaban J connectivity index is 2.53. The van der Waals surface area contributed by atoms with Gasteiger partial charge in [-0.05, 0) is 30.2 Å². The molecule has 1 aromatic rings. The fourth-order valence-electron chi connectivity index (χ4n) is 1.20. The van der Waals surface area contributed by atoms with E-state index >= 15 is 0 Å². The van der Waals surface area contributed by atoms with Gasteiger partial charge in [0, 0.05) is 34.2 Å². The standard InChI is InChI=1S/C12H19NOS/c1-4-10(2)9-13-11-5-7-12(8-6-11)15(3)14/h5-8,10,13H,4,9H2,1-3H3. The summed E-state index contributed by atoms with van der Waals surface area (Å²) in [5.41, 5.74) is 1.10. The van der Waals surface area contributed by atoms with Crippen molar-refractivity contribution in [1.29, 1.82) is 0 Å². The third-order valence-electron chi connectivity index (χ3n) is 2.54. The molecule has 84 valence electrons. The highest BCUT2D eigenvalue weighted by atomic mass is 32.2. The van der Waals surface area contributed by atoms with Gasteiger partial charge in [0.25, 0.3) is 0 Å². The highest BCUT2D eigenvalue weighted by Gasteiger charge is 2.00. The minimum Gasteiger partial charge on any atom is -0.385 e. The van der Waals surface area contributed by atoms with Crippen LogP contribution in [0.2, 0.25) is 0 Å². The van der Waals surface area contributed by atoms with Gasteiger partial charge in [0.15, 0.2) is 0 Å². The maximum atomic E-state index is 11.2. The van der Waals surface area contributed by atoms with Gasteiger partial charge in [-0.1, -0.05) is 20.3 Å². The molecule has 0 aliphatic carbocycles. The lowest BCUT2D eigenvalue weighted by Gasteiger charge is -2.11. The first kappa shape index (κ1) is 12.2. The fourth-order valence-corrected chi connectivity index (χ4v) is 1.72. The topological polar surface area (TPSA) is 29.1 Å². The molecule has 0 bridgehead atoms. The molecule has 0 spiro atoms. The molecule has 2 unspecified atom stereocenters. The Hall–Kier alpha value is -0.830. The van der Waals surface area contributed by atoms with Crippen LogP contribution in [0.5, 0.6) is 0 Å². The van der Waals surface area contributed by atoms with E-state index in [1.165, 1.54) is 6.42 Å². The second kappa shape index (κ2) is 5.91. The average Bonchev–Trinajstić information content (AvgIpc) is 2.26. The molecule has 2 atom stereocenters. The van der Waals surface area contributed by atoms with Gasteiger partial charge in [-0.3, -0.25) is 4.21 Å². The van der Waals surface area contributed by atoms with Gasteiger partial charge in [-0.15, -0.1) is 0 Å². The summed E-state index contributed by atoms with van der Waals surface area (Å²) in [6.07, 6.45) is 2.88. The zero-order valence-corrected chi connectivity index (χ0v) is 10.4. The van der Waals surface area contributed by atoms with Crippen LogP contribution in [0.3, 0.4) is 0 Å². The third kappa shape index (κ3) is 4.04. The SMILES string of the molecule is CCC(C)CNc1ccc(S(C)=O)cc1. The van der Waals surface area contributed by atoms with Gasteiger partial charge in [-0.25, -0.2) is 0 Å². The average molecular weight is 225 g/mol. The van der Waals surface area contributed by atoms with Crippen molar-refractivity contribution in [1.82, 2.24) is 0 Å². The van der Waals surface area contributed by atoms with Gasteiger partial charge in [-0.2, -0.15) is 0 Å². The van der Waals surface area contributed by atoms with E-state index in [1.54, 1.807) is 6.26 Å². The van der Waals surface area contributed by atoms with Crippen LogP contribution in [0.1, 0.15) is 20.3 Å². The van der Waals surface area contributed by atoms with Crippen LogP contribution in [0.15, 0.2) is 29.2 Å². The highest BCUT2D eigenvalue weighted by molar-refractivity contribution is 7.84. The largest absolute Gasteiger partial charge is 0.385 e. The number of benzene rings is 1. The maximum Gasteiger partial charge on any atom is 0.0498 e. The molecule has 0 aliphatic heterocycles. The summed E-state index contributed by atoms with van der Waals surface area (Å²) >= 11 is 0. The second-order valence-electron chi connectivity index (χ2n) is 3.87. The molecule has 2 nitrogen and oxygen atoms in total. The Morgan fingerprint density at radius 2 is 1.93 bits per heavy atom. The fraction of sp³-hybridized carbons (Fsp3) is 0.500. The molecule has 1 N–H and O–H groups in total. The normalized spacial score (nSPS) is 14.6. The van der Waals surface area contributed by atoms with Crippen molar-refractivity contribution >= 4 is 16.5 Å². The minimum absolute atomic E-state index is 0.685. The first-order chi connectivity index (χ1) is 7.13. The number of hydrogen-bond donors (Lipinski definition) is 1. The molecule has 0 radical (unpaired) electrons. The zero-order valence-electron chi connectivity index (χ0n) is 9.62. The predicted octanol–water partition coefficient (Wildman–Crippen LogP) is 2.88. The molecule has 0 saturated heterocycles. The van der Waals surface area contributed by atoms with Crippen molar-refractivity contribution < 1.29 is 4.21 Å². The summed E-state index contributed by atoms with van der Waals surface area (Å²) in [5.74, 6) is 0.685. The van der Waals surface area contributed by atoms with Gasteiger partial charge in [0.1, 0.15) is 0 Å². The van der Waals surface area contributed by atoms with E-state index in [0.717, 1.165) is 17.1 Å². The van der Waals surface area contributed by atoms with E-state index in [2.05, 4.69) is 19.2 Å². The first-order valence-corrected chi connectivity index (χ1v) is 6.86. The van der Waals surface area contributed by atoms with Gasteiger partial charge < -0.3 is 5.32 Å². The Kier molecular flexibility index (Phi) is 4.82. The van der Waals surface area contributed by atoms with Crippen LogP contribution in [-0.2, 0) is 10.8 Å². The summed E-state index contributed by atoms with van der Waals surface area (Å²) in [6.45, 7) is 5.41. The maximum absolute atomic E-state index is 11.2. The van der Waals surface area contributed by atoms with E-state index < -0.39 is 10.8 Å². The number of rotatable bonds is 5. The Labute approximate surface area is 94.5 Å². The lowest BCUT2D eigenvalue weighted by atomic mass is 10.1. The molecule has 0 aromatic heterocycles. The summed E-state index contributed by atoms with van der Waals surface area (Å²) < 4.78 is 11.2. The van der Waals surface area contributed by atoms with Crippen LogP contribution in [0.25, 0.3) is 0 Å². The lowest BCUT2D eigenvalue weighted by molar-refractivity contribution is 0.593. The zero-order chi connectivity index (χ0) is 11.3. The van der Waals surface area contributed by atoms with Crippen molar-refractivity contribution in [2.75, 3.05) is 18.1 Å². The van der Waals surface area contributed by atoms with E-state index in [9.17, 15) is 4.21 Å². The Morgan fingerprint density at radius 1 is 1.33 bits per heavy atom. The van der Waals surface area contributed by atoms with Crippen LogP contribution in [0.4, 0.5) is 5.69 Å². The number of hydrogen-bond acceptors (Lipinski definition) is 2. The molecule has 0 saturated carbocycles. The van der Waals surface area contributed by atoms with Crippen LogP contribution in [-0.4, -0.2) is 17.0 Å². The minimum atomic E-state index is -0.879. The van der Waals surface area contributed by atoms with Crippen molar-refractivity contribution in [2.24, 2.45) is 5.92 Å². The van der Waals surface area contributed by atoms with Gasteiger partial charge in [0.2, 0.25) is 0 Å². The van der Waals surface area contributed by atoms with E-state index in [-0.39, 0.29) is 0 Å². The summed E-state index contributed by atoms with van der Waals surface area (Å²) in [4.78, 5) is 0.879. The molecule has 3 heteroatoms. The number of nitrogens with one attached hydrogen (secondary N) is 1. The second-order valence-corrected chi connectivity index (χ2v) is 5.25. The van der Waals surface area contributed by atoms with E-state index in [4.69, 9.17) is 0 Å². The third-order valence-corrected chi connectivity index (χ3v) is 3.47. The Bertz CT molecular complexity index is 321. The summed E-state index contributed by atoms with van der Waals surface area (Å²) in [7, 11) is -0.879. The van der Waals surface area contributed by atoms with Crippen LogP contribution >= 0.6 is 0 Å². The van der Waals surface area contributed by atoms with Gasteiger partial charge >= 0.3 is 0 Å². The summed E-state index contributed by atoms with van der Waals surface area (Å²) in [5, 5.41) is 3.36. The van der Waals surface area contributed by atoms with Crippen molar-refractivity contribution in [3.8, 4) is 0 Å². The lowest BCUT2D eigenvalue weighted by Crippen LogP contribution is -2.10.